The van der Waals surface area contributed by atoms with Crippen LogP contribution in [0.4, 0.5) is 0 Å². The van der Waals surface area contributed by atoms with Crippen molar-refractivity contribution < 1.29 is 0 Å². The second-order valence-corrected chi connectivity index (χ2v) is 4.93. The predicted octanol–water partition coefficient (Wildman–Crippen LogP) is 3.46. The van der Waals surface area contributed by atoms with Crippen LogP contribution >= 0.6 is 11.6 Å². The largest absolute Gasteiger partial charge is 0.329 e. The van der Waals surface area contributed by atoms with E-state index in [4.69, 9.17) is 17.3 Å². The Bertz CT molecular complexity index is 328. The molecule has 0 spiro atoms. The highest BCUT2D eigenvalue weighted by atomic mass is 35.5. The summed E-state index contributed by atoms with van der Waals surface area (Å²) in [6.07, 6.45) is 3.75. The van der Waals surface area contributed by atoms with Crippen molar-refractivity contribution in [2.75, 3.05) is 20.1 Å². The van der Waals surface area contributed by atoms with Crippen molar-refractivity contribution in [3.63, 3.8) is 0 Å². The van der Waals surface area contributed by atoms with Crippen molar-refractivity contribution in [2.45, 2.75) is 32.2 Å². The third kappa shape index (κ3) is 4.66. The Kier molecular flexibility index (Phi) is 6.56. The molecule has 17 heavy (non-hydrogen) atoms. The van der Waals surface area contributed by atoms with Crippen molar-refractivity contribution in [3.8, 4) is 0 Å². The van der Waals surface area contributed by atoms with Gasteiger partial charge in [0, 0.05) is 17.6 Å². The van der Waals surface area contributed by atoms with Crippen LogP contribution in [0.2, 0.25) is 5.02 Å². The summed E-state index contributed by atoms with van der Waals surface area (Å²) in [4.78, 5) is 2.32. The van der Waals surface area contributed by atoms with E-state index in [1.807, 2.05) is 18.2 Å². The van der Waals surface area contributed by atoms with E-state index in [0.29, 0.717) is 6.54 Å². The fourth-order valence-electron chi connectivity index (χ4n) is 2.05. The second-order valence-electron chi connectivity index (χ2n) is 4.49. The standard InChI is InChI=1S/C14H23ClN2/c1-3-4-5-9-17(2)14(11-16)12-7-6-8-13(15)10-12/h6-8,10,14H,3-5,9,11,16H2,1-2H3. The number of nitrogens with zero attached hydrogens (tertiary/aromatic N) is 1. The monoisotopic (exact) mass is 254 g/mol. The van der Waals surface area contributed by atoms with Gasteiger partial charge in [0.15, 0.2) is 0 Å². The van der Waals surface area contributed by atoms with E-state index < -0.39 is 0 Å². The summed E-state index contributed by atoms with van der Waals surface area (Å²) in [5.41, 5.74) is 7.08. The molecule has 0 bridgehead atoms. The van der Waals surface area contributed by atoms with E-state index in [-0.39, 0.29) is 6.04 Å². The van der Waals surface area contributed by atoms with Crippen LogP contribution in [0.15, 0.2) is 24.3 Å². The molecular formula is C14H23ClN2. The van der Waals surface area contributed by atoms with Gasteiger partial charge in [0.25, 0.3) is 0 Å². The number of hydrogen-bond donors (Lipinski definition) is 1. The molecule has 0 saturated carbocycles. The van der Waals surface area contributed by atoms with Crippen molar-refractivity contribution in [2.24, 2.45) is 5.73 Å². The fraction of sp³-hybridized carbons (Fsp3) is 0.571. The molecule has 0 radical (unpaired) electrons. The van der Waals surface area contributed by atoms with Gasteiger partial charge in [0.1, 0.15) is 0 Å². The van der Waals surface area contributed by atoms with Gasteiger partial charge in [-0.1, -0.05) is 43.5 Å². The lowest BCUT2D eigenvalue weighted by molar-refractivity contribution is 0.245. The lowest BCUT2D eigenvalue weighted by Gasteiger charge is -2.27. The van der Waals surface area contributed by atoms with Gasteiger partial charge in [0.05, 0.1) is 0 Å². The summed E-state index contributed by atoms with van der Waals surface area (Å²) in [5.74, 6) is 0. The van der Waals surface area contributed by atoms with Crippen LogP contribution in [0.25, 0.3) is 0 Å². The number of likely N-dealkylation sites (N-methyl/N-ethyl adjacent to an activating group) is 1. The number of benzene rings is 1. The minimum Gasteiger partial charge on any atom is -0.329 e. The summed E-state index contributed by atoms with van der Waals surface area (Å²) in [7, 11) is 2.13. The number of unbranched alkanes of at least 4 members (excludes halogenated alkanes) is 2. The molecule has 96 valence electrons. The number of hydrogen-bond acceptors (Lipinski definition) is 2. The average molecular weight is 255 g/mol. The molecule has 0 aliphatic carbocycles. The van der Waals surface area contributed by atoms with Gasteiger partial charge in [-0.15, -0.1) is 0 Å². The molecule has 1 aromatic carbocycles. The SMILES string of the molecule is CCCCCN(C)C(CN)c1cccc(Cl)c1. The molecule has 0 fully saturated rings. The molecule has 2 N–H and O–H groups in total. The first kappa shape index (κ1) is 14.5. The van der Waals surface area contributed by atoms with E-state index in [1.165, 1.54) is 24.8 Å². The van der Waals surface area contributed by atoms with Gasteiger partial charge in [-0.3, -0.25) is 4.90 Å². The first-order valence-electron chi connectivity index (χ1n) is 6.34. The maximum Gasteiger partial charge on any atom is 0.0467 e. The van der Waals surface area contributed by atoms with Crippen molar-refractivity contribution in [1.29, 1.82) is 0 Å². The average Bonchev–Trinajstić information content (AvgIpc) is 2.30. The third-order valence-corrected chi connectivity index (χ3v) is 3.34. The maximum atomic E-state index is 6.02. The van der Waals surface area contributed by atoms with Gasteiger partial charge in [-0.25, -0.2) is 0 Å². The van der Waals surface area contributed by atoms with Crippen LogP contribution in [0.3, 0.4) is 0 Å². The number of rotatable bonds is 7. The second kappa shape index (κ2) is 7.70. The molecular weight excluding hydrogens is 232 g/mol. The van der Waals surface area contributed by atoms with E-state index in [1.54, 1.807) is 0 Å². The van der Waals surface area contributed by atoms with Crippen molar-refractivity contribution in [3.05, 3.63) is 34.9 Å². The van der Waals surface area contributed by atoms with E-state index in [2.05, 4.69) is 24.9 Å². The van der Waals surface area contributed by atoms with Crippen LogP contribution in [-0.4, -0.2) is 25.0 Å². The smallest absolute Gasteiger partial charge is 0.0467 e. The fourth-order valence-corrected chi connectivity index (χ4v) is 2.25. The molecule has 0 aliphatic heterocycles. The molecule has 3 heteroatoms. The van der Waals surface area contributed by atoms with Gasteiger partial charge >= 0.3 is 0 Å². The molecule has 2 nitrogen and oxygen atoms in total. The summed E-state index contributed by atoms with van der Waals surface area (Å²) in [6.45, 7) is 3.93. The van der Waals surface area contributed by atoms with Crippen molar-refractivity contribution in [1.82, 2.24) is 4.90 Å². The zero-order valence-electron chi connectivity index (χ0n) is 10.8. The Morgan fingerprint density at radius 3 is 2.71 bits per heavy atom. The molecule has 0 heterocycles. The highest BCUT2D eigenvalue weighted by Gasteiger charge is 2.14. The van der Waals surface area contributed by atoms with Crippen LogP contribution in [0.1, 0.15) is 37.8 Å². The lowest BCUT2D eigenvalue weighted by Crippen LogP contribution is -2.31. The summed E-state index contributed by atoms with van der Waals surface area (Å²) < 4.78 is 0. The highest BCUT2D eigenvalue weighted by molar-refractivity contribution is 6.30. The third-order valence-electron chi connectivity index (χ3n) is 3.10. The zero-order valence-corrected chi connectivity index (χ0v) is 11.6. The summed E-state index contributed by atoms with van der Waals surface area (Å²) in [6, 6.07) is 8.26. The Morgan fingerprint density at radius 1 is 1.35 bits per heavy atom. The van der Waals surface area contributed by atoms with Gasteiger partial charge in [-0.2, -0.15) is 0 Å². The Balaban J connectivity index is 2.63. The first-order valence-corrected chi connectivity index (χ1v) is 6.72. The summed E-state index contributed by atoms with van der Waals surface area (Å²) >= 11 is 6.02. The molecule has 1 atom stereocenters. The molecule has 0 aliphatic rings. The molecule has 1 rings (SSSR count). The quantitative estimate of drug-likeness (QED) is 0.755. The predicted molar refractivity (Wildman–Crippen MR) is 75.4 cm³/mol. The van der Waals surface area contributed by atoms with E-state index in [9.17, 15) is 0 Å². The van der Waals surface area contributed by atoms with Gasteiger partial charge in [-0.05, 0) is 37.7 Å². The number of halogens is 1. The Morgan fingerprint density at radius 2 is 2.12 bits per heavy atom. The summed E-state index contributed by atoms with van der Waals surface area (Å²) in [5, 5.41) is 0.780. The molecule has 0 aromatic heterocycles. The van der Waals surface area contributed by atoms with Gasteiger partial charge in [0.2, 0.25) is 0 Å². The van der Waals surface area contributed by atoms with E-state index >= 15 is 0 Å². The normalized spacial score (nSPS) is 13.0. The molecule has 0 saturated heterocycles. The molecule has 1 aromatic rings. The van der Waals surface area contributed by atoms with E-state index in [0.717, 1.165) is 11.6 Å². The maximum absolute atomic E-state index is 6.02. The minimum atomic E-state index is 0.269. The van der Waals surface area contributed by atoms with Gasteiger partial charge < -0.3 is 5.73 Å². The van der Waals surface area contributed by atoms with Crippen LogP contribution < -0.4 is 5.73 Å². The van der Waals surface area contributed by atoms with Crippen LogP contribution in [0, 0.1) is 0 Å². The molecule has 1 unspecified atom stereocenters. The highest BCUT2D eigenvalue weighted by Crippen LogP contribution is 2.21. The topological polar surface area (TPSA) is 29.3 Å². The lowest BCUT2D eigenvalue weighted by atomic mass is 10.1. The van der Waals surface area contributed by atoms with Crippen molar-refractivity contribution >= 4 is 11.6 Å². The zero-order chi connectivity index (χ0) is 12.7. The molecule has 0 amide bonds. The Labute approximate surface area is 110 Å². The number of nitrogens with two attached hydrogens (primary N) is 1. The van der Waals surface area contributed by atoms with Crippen LogP contribution in [0.5, 0.6) is 0 Å². The Hall–Kier alpha value is -0.570. The van der Waals surface area contributed by atoms with Crippen LogP contribution in [-0.2, 0) is 0 Å². The minimum absolute atomic E-state index is 0.269. The first-order chi connectivity index (χ1) is 8.19.